The Balaban J connectivity index is 2.13. The second kappa shape index (κ2) is 5.63. The van der Waals surface area contributed by atoms with Crippen LogP contribution in [-0.2, 0) is 4.74 Å². The molecule has 1 aromatic heterocycles. The Morgan fingerprint density at radius 2 is 2.28 bits per heavy atom. The van der Waals surface area contributed by atoms with Crippen LogP contribution in [0.25, 0.3) is 0 Å². The maximum absolute atomic E-state index is 13.4. The van der Waals surface area contributed by atoms with Crippen molar-refractivity contribution < 1.29 is 13.9 Å². The first-order valence-electron chi connectivity index (χ1n) is 5.73. The first kappa shape index (κ1) is 13.2. The smallest absolute Gasteiger partial charge is 0.254 e. The maximum atomic E-state index is 13.4. The number of pyridine rings is 1. The van der Waals surface area contributed by atoms with Crippen molar-refractivity contribution in [1.82, 2.24) is 10.3 Å². The molecule has 1 N–H and O–H groups in total. The molecule has 0 bridgehead atoms. The zero-order chi connectivity index (χ0) is 13.0. The molecule has 98 valence electrons. The third-order valence-electron chi connectivity index (χ3n) is 3.10. The van der Waals surface area contributed by atoms with Crippen LogP contribution in [0.2, 0.25) is 0 Å². The van der Waals surface area contributed by atoms with Gasteiger partial charge in [0.1, 0.15) is 0 Å². The summed E-state index contributed by atoms with van der Waals surface area (Å²) < 4.78 is 18.7. The number of amides is 1. The predicted molar refractivity (Wildman–Crippen MR) is 65.2 cm³/mol. The summed E-state index contributed by atoms with van der Waals surface area (Å²) >= 11 is 5.93. The lowest BCUT2D eigenvalue weighted by atomic mass is 9.92. The number of hydrogen-bond donors (Lipinski definition) is 1. The van der Waals surface area contributed by atoms with Gasteiger partial charge in [0.25, 0.3) is 5.91 Å². The molecule has 1 aliphatic rings. The maximum Gasteiger partial charge on any atom is 0.254 e. The van der Waals surface area contributed by atoms with Gasteiger partial charge in [-0.15, -0.1) is 11.6 Å². The molecule has 0 aliphatic carbocycles. The third kappa shape index (κ3) is 2.79. The van der Waals surface area contributed by atoms with Crippen molar-refractivity contribution in [3.05, 3.63) is 29.8 Å². The first-order chi connectivity index (χ1) is 8.67. The molecule has 0 radical (unpaired) electrons. The standard InChI is InChI=1S/C12H14ClFN2O2/c13-8-12(2-5-18-6-3-12)16-11(17)9-1-4-15-7-10(9)14/h1,4,7H,2-3,5-6,8H2,(H,16,17). The summed E-state index contributed by atoms with van der Waals surface area (Å²) in [5.74, 6) is -0.807. The van der Waals surface area contributed by atoms with Crippen LogP contribution in [0.4, 0.5) is 4.39 Å². The number of ether oxygens (including phenoxy) is 1. The van der Waals surface area contributed by atoms with Gasteiger partial charge >= 0.3 is 0 Å². The second-order valence-electron chi connectivity index (χ2n) is 4.34. The molecular formula is C12H14ClFN2O2. The summed E-state index contributed by atoms with van der Waals surface area (Å²) in [6.07, 6.45) is 3.67. The van der Waals surface area contributed by atoms with Crippen molar-refractivity contribution in [2.24, 2.45) is 0 Å². The van der Waals surface area contributed by atoms with E-state index in [0.29, 0.717) is 26.1 Å². The number of nitrogens with one attached hydrogen (secondary N) is 1. The minimum Gasteiger partial charge on any atom is -0.381 e. The van der Waals surface area contributed by atoms with E-state index in [1.165, 1.54) is 12.3 Å². The van der Waals surface area contributed by atoms with E-state index in [9.17, 15) is 9.18 Å². The average Bonchev–Trinajstić information content (AvgIpc) is 2.40. The van der Waals surface area contributed by atoms with Crippen molar-refractivity contribution in [1.29, 1.82) is 0 Å². The van der Waals surface area contributed by atoms with Crippen LogP contribution in [0.1, 0.15) is 23.2 Å². The molecule has 0 spiro atoms. The van der Waals surface area contributed by atoms with Gasteiger partial charge in [0, 0.05) is 25.3 Å². The van der Waals surface area contributed by atoms with Crippen LogP contribution in [0.3, 0.4) is 0 Å². The topological polar surface area (TPSA) is 51.2 Å². The molecule has 1 aromatic rings. The van der Waals surface area contributed by atoms with Crippen molar-refractivity contribution in [3.8, 4) is 0 Å². The molecule has 2 heterocycles. The minimum absolute atomic E-state index is 0.0130. The summed E-state index contributed by atoms with van der Waals surface area (Å²) in [5.41, 5.74) is -0.520. The normalized spacial score (nSPS) is 18.3. The molecule has 1 saturated heterocycles. The van der Waals surface area contributed by atoms with Gasteiger partial charge in [-0.1, -0.05) is 0 Å². The van der Waals surface area contributed by atoms with Gasteiger partial charge in [0.15, 0.2) is 5.82 Å². The molecule has 4 nitrogen and oxygen atoms in total. The first-order valence-corrected chi connectivity index (χ1v) is 6.26. The minimum atomic E-state index is -0.633. The zero-order valence-corrected chi connectivity index (χ0v) is 10.5. The fraction of sp³-hybridized carbons (Fsp3) is 0.500. The van der Waals surface area contributed by atoms with Crippen molar-refractivity contribution >= 4 is 17.5 Å². The highest BCUT2D eigenvalue weighted by Crippen LogP contribution is 2.23. The highest BCUT2D eigenvalue weighted by Gasteiger charge is 2.34. The predicted octanol–water partition coefficient (Wildman–Crippen LogP) is 1.74. The van der Waals surface area contributed by atoms with Crippen molar-refractivity contribution in [3.63, 3.8) is 0 Å². The van der Waals surface area contributed by atoms with Crippen LogP contribution in [0.15, 0.2) is 18.5 Å². The zero-order valence-electron chi connectivity index (χ0n) is 9.79. The summed E-state index contributed by atoms with van der Waals surface area (Å²) in [7, 11) is 0. The Kier molecular flexibility index (Phi) is 4.14. The highest BCUT2D eigenvalue weighted by atomic mass is 35.5. The lowest BCUT2D eigenvalue weighted by Crippen LogP contribution is -2.53. The number of halogens is 2. The molecule has 0 atom stereocenters. The van der Waals surface area contributed by atoms with Gasteiger partial charge in [-0.2, -0.15) is 0 Å². The number of hydrogen-bond acceptors (Lipinski definition) is 3. The lowest BCUT2D eigenvalue weighted by Gasteiger charge is -2.36. The van der Waals surface area contributed by atoms with Crippen LogP contribution in [0, 0.1) is 5.82 Å². The Labute approximate surface area is 109 Å². The number of aromatic nitrogens is 1. The number of alkyl halides is 1. The van der Waals surface area contributed by atoms with Gasteiger partial charge in [0.05, 0.1) is 17.3 Å². The summed E-state index contributed by atoms with van der Waals surface area (Å²) in [6.45, 7) is 1.09. The number of nitrogens with zero attached hydrogens (tertiary/aromatic N) is 1. The highest BCUT2D eigenvalue weighted by molar-refractivity contribution is 6.19. The van der Waals surface area contributed by atoms with Crippen molar-refractivity contribution in [2.45, 2.75) is 18.4 Å². The molecule has 0 aromatic carbocycles. The molecule has 0 unspecified atom stereocenters. The lowest BCUT2D eigenvalue weighted by molar-refractivity contribution is 0.0432. The fourth-order valence-electron chi connectivity index (χ4n) is 1.92. The molecule has 0 saturated carbocycles. The average molecular weight is 273 g/mol. The van der Waals surface area contributed by atoms with Gasteiger partial charge in [-0.3, -0.25) is 9.78 Å². The van der Waals surface area contributed by atoms with Crippen molar-refractivity contribution in [2.75, 3.05) is 19.1 Å². The number of carbonyl (C=O) groups excluding carboxylic acids is 1. The largest absolute Gasteiger partial charge is 0.381 e. The van der Waals surface area contributed by atoms with Crippen LogP contribution < -0.4 is 5.32 Å². The van der Waals surface area contributed by atoms with E-state index >= 15 is 0 Å². The number of rotatable bonds is 3. The summed E-state index contributed by atoms with van der Waals surface area (Å²) in [5, 5.41) is 2.82. The van der Waals surface area contributed by atoms with Crippen LogP contribution in [0.5, 0.6) is 0 Å². The van der Waals surface area contributed by atoms with E-state index in [-0.39, 0.29) is 11.4 Å². The molecule has 18 heavy (non-hydrogen) atoms. The molecule has 2 rings (SSSR count). The Morgan fingerprint density at radius 1 is 1.56 bits per heavy atom. The Morgan fingerprint density at radius 3 is 2.89 bits per heavy atom. The molecular weight excluding hydrogens is 259 g/mol. The van der Waals surface area contributed by atoms with E-state index in [2.05, 4.69) is 10.3 Å². The molecule has 1 aliphatic heterocycles. The molecule has 6 heteroatoms. The van der Waals surface area contributed by atoms with Crippen LogP contribution in [-0.4, -0.2) is 35.5 Å². The molecule has 1 amide bonds. The Bertz CT molecular complexity index is 436. The Hall–Kier alpha value is -1.20. The summed E-state index contributed by atoms with van der Waals surface area (Å²) in [4.78, 5) is 15.6. The third-order valence-corrected chi connectivity index (χ3v) is 3.61. The van der Waals surface area contributed by atoms with Gasteiger partial charge in [0.2, 0.25) is 0 Å². The number of carbonyl (C=O) groups is 1. The molecule has 1 fully saturated rings. The van der Waals surface area contributed by atoms with E-state index < -0.39 is 17.3 Å². The van der Waals surface area contributed by atoms with E-state index in [4.69, 9.17) is 16.3 Å². The second-order valence-corrected chi connectivity index (χ2v) is 4.60. The quantitative estimate of drug-likeness (QED) is 0.853. The fourth-order valence-corrected chi connectivity index (χ4v) is 2.26. The van der Waals surface area contributed by atoms with Gasteiger partial charge in [-0.25, -0.2) is 4.39 Å². The summed E-state index contributed by atoms with van der Waals surface area (Å²) in [6, 6.07) is 1.35. The van der Waals surface area contributed by atoms with Gasteiger partial charge < -0.3 is 10.1 Å². The van der Waals surface area contributed by atoms with Crippen LogP contribution >= 0.6 is 11.6 Å². The van der Waals surface area contributed by atoms with E-state index in [1.54, 1.807) is 0 Å². The van der Waals surface area contributed by atoms with E-state index in [1.807, 2.05) is 0 Å². The SMILES string of the molecule is O=C(NC1(CCl)CCOCC1)c1ccncc1F. The monoisotopic (exact) mass is 272 g/mol. The van der Waals surface area contributed by atoms with E-state index in [0.717, 1.165) is 6.20 Å². The van der Waals surface area contributed by atoms with Gasteiger partial charge in [-0.05, 0) is 18.9 Å².